The average Bonchev–Trinajstić information content (AvgIpc) is 3.50. The second kappa shape index (κ2) is 10.9. The van der Waals surface area contributed by atoms with Crippen molar-refractivity contribution >= 4 is 28.8 Å². The van der Waals surface area contributed by atoms with Gasteiger partial charge >= 0.3 is 0 Å². The predicted molar refractivity (Wildman–Crippen MR) is 143 cm³/mol. The molecule has 198 valence electrons. The highest BCUT2D eigenvalue weighted by molar-refractivity contribution is 7.10. The summed E-state index contributed by atoms with van der Waals surface area (Å²) in [6.07, 6.45) is 4.32. The van der Waals surface area contributed by atoms with E-state index in [1.807, 2.05) is 29.6 Å². The molecule has 3 aromatic rings. The van der Waals surface area contributed by atoms with Crippen LogP contribution in [0.15, 0.2) is 60.0 Å². The number of benzene rings is 2. The van der Waals surface area contributed by atoms with Crippen molar-refractivity contribution in [2.45, 2.75) is 50.3 Å². The first-order valence-electron chi connectivity index (χ1n) is 13.1. The van der Waals surface area contributed by atoms with Crippen LogP contribution in [0.3, 0.4) is 0 Å². The Morgan fingerprint density at radius 3 is 2.42 bits per heavy atom. The Labute approximate surface area is 225 Å². The highest BCUT2D eigenvalue weighted by Gasteiger charge is 2.40. The molecule has 0 bridgehead atoms. The van der Waals surface area contributed by atoms with Gasteiger partial charge < -0.3 is 24.3 Å². The van der Waals surface area contributed by atoms with Crippen LogP contribution in [0.4, 0.5) is 5.69 Å². The zero-order chi connectivity index (χ0) is 25.9. The Bertz CT molecular complexity index is 1290. The summed E-state index contributed by atoms with van der Waals surface area (Å²) in [6, 6.07) is 15.6. The molecule has 2 amide bonds. The lowest BCUT2D eigenvalue weighted by Gasteiger charge is -2.36. The van der Waals surface area contributed by atoms with Crippen molar-refractivity contribution in [3.05, 3.63) is 64.9 Å². The number of carbonyl (C=O) groups is 2. The number of nitrogens with one attached hydrogen (secondary N) is 1. The van der Waals surface area contributed by atoms with Crippen LogP contribution in [-0.2, 0) is 9.59 Å². The van der Waals surface area contributed by atoms with Crippen LogP contribution in [-0.4, -0.2) is 43.8 Å². The number of hydrogen-bond donors (Lipinski definition) is 1. The van der Waals surface area contributed by atoms with Crippen LogP contribution in [0.5, 0.6) is 23.0 Å². The van der Waals surface area contributed by atoms with E-state index in [9.17, 15) is 9.59 Å². The van der Waals surface area contributed by atoms with Crippen molar-refractivity contribution in [3.63, 3.8) is 0 Å². The first kappa shape index (κ1) is 24.6. The van der Waals surface area contributed by atoms with Crippen molar-refractivity contribution in [2.75, 3.05) is 24.7 Å². The number of ether oxygens (including phenoxy) is 4. The molecule has 2 aliphatic heterocycles. The number of para-hydroxylation sites is 2. The quantitative estimate of drug-likeness (QED) is 0.485. The topological polar surface area (TPSA) is 86.3 Å². The predicted octanol–water partition coefficient (Wildman–Crippen LogP) is 4.88. The van der Waals surface area contributed by atoms with Crippen LogP contribution in [0.2, 0.25) is 0 Å². The Balaban J connectivity index is 1.38. The van der Waals surface area contributed by atoms with E-state index in [-0.39, 0.29) is 24.5 Å². The molecule has 38 heavy (non-hydrogen) atoms. The molecule has 2 aromatic carbocycles. The fourth-order valence-corrected chi connectivity index (χ4v) is 6.04. The smallest absolute Gasteiger partial charge is 0.272 e. The molecule has 8 nitrogen and oxygen atoms in total. The molecule has 1 saturated carbocycles. The number of rotatable bonds is 6. The zero-order valence-corrected chi connectivity index (χ0v) is 21.8. The second-order valence-electron chi connectivity index (χ2n) is 9.66. The van der Waals surface area contributed by atoms with Crippen LogP contribution < -0.4 is 29.2 Å². The van der Waals surface area contributed by atoms with Gasteiger partial charge in [-0.3, -0.25) is 14.5 Å². The molecule has 1 aliphatic carbocycles. The van der Waals surface area contributed by atoms with Crippen molar-refractivity contribution in [2.24, 2.45) is 0 Å². The van der Waals surface area contributed by atoms with E-state index in [2.05, 4.69) is 5.32 Å². The van der Waals surface area contributed by atoms with E-state index >= 15 is 0 Å². The number of hydrogen-bond acceptors (Lipinski definition) is 7. The molecule has 6 rings (SSSR count). The average molecular weight is 535 g/mol. The molecule has 3 heterocycles. The first-order chi connectivity index (χ1) is 18.7. The van der Waals surface area contributed by atoms with E-state index in [0.717, 1.165) is 30.6 Å². The van der Waals surface area contributed by atoms with Gasteiger partial charge in [0.25, 0.3) is 5.91 Å². The Morgan fingerprint density at radius 2 is 1.63 bits per heavy atom. The lowest BCUT2D eigenvalue weighted by Crippen LogP contribution is -2.52. The molecule has 9 heteroatoms. The molecular formula is C29H30N2O6S. The normalized spacial score (nSPS) is 19.3. The van der Waals surface area contributed by atoms with Crippen LogP contribution in [0, 0.1) is 0 Å². The zero-order valence-electron chi connectivity index (χ0n) is 21.0. The fourth-order valence-electron chi connectivity index (χ4n) is 5.23. The van der Waals surface area contributed by atoms with Crippen molar-refractivity contribution < 1.29 is 28.5 Å². The number of carbonyl (C=O) groups excluding carboxylic acids is 2. The minimum Gasteiger partial charge on any atom is -0.486 e. The van der Waals surface area contributed by atoms with Crippen LogP contribution in [0.25, 0.3) is 0 Å². The maximum Gasteiger partial charge on any atom is 0.272 e. The Morgan fingerprint density at radius 1 is 0.868 bits per heavy atom. The van der Waals surface area contributed by atoms with E-state index in [1.54, 1.807) is 30.3 Å². The molecule has 0 radical (unpaired) electrons. The molecule has 0 saturated heterocycles. The molecule has 1 aromatic heterocycles. The molecule has 1 fully saturated rings. The van der Waals surface area contributed by atoms with Gasteiger partial charge in [0.05, 0.1) is 0 Å². The van der Waals surface area contributed by atoms with Crippen molar-refractivity contribution in [1.82, 2.24) is 5.32 Å². The molecule has 0 spiro atoms. The highest BCUT2D eigenvalue weighted by Crippen LogP contribution is 2.39. The summed E-state index contributed by atoms with van der Waals surface area (Å²) >= 11 is 1.44. The molecule has 0 unspecified atom stereocenters. The summed E-state index contributed by atoms with van der Waals surface area (Å²) in [4.78, 5) is 30.6. The van der Waals surface area contributed by atoms with Gasteiger partial charge in [0, 0.05) is 22.7 Å². The van der Waals surface area contributed by atoms with Crippen LogP contribution in [0.1, 0.15) is 43.0 Å². The summed E-state index contributed by atoms with van der Waals surface area (Å²) in [5, 5.41) is 5.15. The highest BCUT2D eigenvalue weighted by atomic mass is 32.1. The van der Waals surface area contributed by atoms with Gasteiger partial charge in [0.2, 0.25) is 12.0 Å². The summed E-state index contributed by atoms with van der Waals surface area (Å²) in [6.45, 7) is 0.916. The monoisotopic (exact) mass is 534 g/mol. The maximum atomic E-state index is 14.3. The third-order valence-electron chi connectivity index (χ3n) is 7.10. The third kappa shape index (κ3) is 5.03. The number of nitrogens with zero attached hydrogens (tertiary/aromatic N) is 1. The minimum atomic E-state index is -0.928. The van der Waals surface area contributed by atoms with E-state index in [4.69, 9.17) is 18.9 Å². The number of anilines is 1. The molecular weight excluding hydrogens is 504 g/mol. The van der Waals surface area contributed by atoms with Gasteiger partial charge in [0.15, 0.2) is 23.0 Å². The Kier molecular flexibility index (Phi) is 7.09. The maximum absolute atomic E-state index is 14.3. The van der Waals surface area contributed by atoms with Gasteiger partial charge in [-0.2, -0.15) is 0 Å². The molecule has 2 atom stereocenters. The first-order valence-corrected chi connectivity index (χ1v) is 14.0. The van der Waals surface area contributed by atoms with Gasteiger partial charge in [-0.25, -0.2) is 0 Å². The van der Waals surface area contributed by atoms with Crippen LogP contribution >= 0.6 is 11.3 Å². The third-order valence-corrected chi connectivity index (χ3v) is 8.02. The van der Waals surface area contributed by atoms with Crippen molar-refractivity contribution in [1.29, 1.82) is 0 Å². The Hall–Kier alpha value is -3.72. The molecule has 1 N–H and O–H groups in total. The largest absolute Gasteiger partial charge is 0.486 e. The lowest BCUT2D eigenvalue weighted by molar-refractivity contribution is -0.132. The van der Waals surface area contributed by atoms with Gasteiger partial charge in [-0.05, 0) is 48.6 Å². The number of amides is 2. The second-order valence-corrected chi connectivity index (χ2v) is 10.6. The number of fused-ring (bicyclic) bond motifs is 2. The molecule has 3 aliphatic rings. The minimum absolute atomic E-state index is 0.0400. The van der Waals surface area contributed by atoms with Crippen molar-refractivity contribution in [3.8, 4) is 23.0 Å². The summed E-state index contributed by atoms with van der Waals surface area (Å²) < 4.78 is 23.5. The van der Waals surface area contributed by atoms with Gasteiger partial charge in [0.1, 0.15) is 25.9 Å². The summed E-state index contributed by atoms with van der Waals surface area (Å²) in [5.41, 5.74) is 0.527. The SMILES string of the molecule is O=C(NC1CCCCC1)[C@@H](c1cccs1)N(C(=O)[C@@H]1COc2ccccc2O1)c1ccc2c(c1)OCCO2. The lowest BCUT2D eigenvalue weighted by atomic mass is 9.95. The van der Waals surface area contributed by atoms with Gasteiger partial charge in [-0.1, -0.05) is 37.5 Å². The van der Waals surface area contributed by atoms with E-state index in [0.29, 0.717) is 41.9 Å². The number of thiophene rings is 1. The summed E-state index contributed by atoms with van der Waals surface area (Å²) in [5.74, 6) is 1.66. The fraction of sp³-hybridized carbons (Fsp3) is 0.379. The standard InChI is InChI=1S/C29H30N2O6S/c32-28(30-19-7-2-1-3-8-19)27(26-11-6-16-38-26)31(20-12-13-22-24(17-20)35-15-14-34-22)29(33)25-18-36-21-9-4-5-10-23(21)37-25/h4-6,9-13,16-17,19,25,27H,1-3,7-8,14-15,18H2,(H,30,32)/t25-,27+/m0/s1. The van der Waals surface area contributed by atoms with Gasteiger partial charge in [-0.15, -0.1) is 11.3 Å². The summed E-state index contributed by atoms with van der Waals surface area (Å²) in [7, 11) is 0. The van der Waals surface area contributed by atoms with E-state index in [1.165, 1.54) is 22.7 Å². The van der Waals surface area contributed by atoms with E-state index < -0.39 is 12.1 Å².